The third-order valence-corrected chi connectivity index (χ3v) is 3.96. The molecule has 1 atom stereocenters. The van der Waals surface area contributed by atoms with Crippen LogP contribution in [0.2, 0.25) is 5.02 Å². The van der Waals surface area contributed by atoms with E-state index in [2.05, 4.69) is 4.90 Å². The van der Waals surface area contributed by atoms with Crippen LogP contribution < -0.4 is 10.6 Å². The fraction of sp³-hybridized carbons (Fsp3) is 0.500. The molecular formula is C14H19ClN2OS. The zero-order valence-corrected chi connectivity index (χ0v) is 12.6. The fourth-order valence-corrected chi connectivity index (χ4v) is 3.05. The molecule has 0 spiro atoms. The van der Waals surface area contributed by atoms with E-state index in [1.807, 2.05) is 25.2 Å². The summed E-state index contributed by atoms with van der Waals surface area (Å²) in [5.74, 6) is 0.553. The van der Waals surface area contributed by atoms with Crippen molar-refractivity contribution in [2.24, 2.45) is 11.7 Å². The second-order valence-electron chi connectivity index (χ2n) is 4.96. The fourth-order valence-electron chi connectivity index (χ4n) is 2.51. The van der Waals surface area contributed by atoms with Crippen molar-refractivity contribution in [1.29, 1.82) is 0 Å². The van der Waals surface area contributed by atoms with Crippen molar-refractivity contribution in [2.75, 3.05) is 31.7 Å². The van der Waals surface area contributed by atoms with Gasteiger partial charge in [-0.2, -0.15) is 0 Å². The van der Waals surface area contributed by atoms with E-state index in [9.17, 15) is 0 Å². The van der Waals surface area contributed by atoms with E-state index < -0.39 is 0 Å². The number of hydrogen-bond acceptors (Lipinski definition) is 3. The normalized spacial score (nSPS) is 19.2. The molecule has 2 N–H and O–H groups in total. The van der Waals surface area contributed by atoms with Crippen LogP contribution in [0.1, 0.15) is 18.4 Å². The molecule has 1 aromatic rings. The van der Waals surface area contributed by atoms with E-state index in [0.717, 1.165) is 37.4 Å². The third kappa shape index (κ3) is 3.59. The molecule has 19 heavy (non-hydrogen) atoms. The Kier molecular flexibility index (Phi) is 5.02. The highest BCUT2D eigenvalue weighted by Gasteiger charge is 2.19. The predicted octanol–water partition coefficient (Wildman–Crippen LogP) is 2.84. The average Bonchev–Trinajstić information content (AvgIpc) is 2.39. The summed E-state index contributed by atoms with van der Waals surface area (Å²) in [4.78, 5) is 2.51. The summed E-state index contributed by atoms with van der Waals surface area (Å²) in [7, 11) is 2.04. The topological polar surface area (TPSA) is 38.5 Å². The van der Waals surface area contributed by atoms with Crippen molar-refractivity contribution >= 4 is 34.5 Å². The van der Waals surface area contributed by atoms with Crippen LogP contribution in [0.15, 0.2) is 18.2 Å². The molecule has 1 aliphatic rings. The first-order valence-corrected chi connectivity index (χ1v) is 7.25. The number of nitrogens with two attached hydrogens (primary N) is 1. The lowest BCUT2D eigenvalue weighted by molar-refractivity contribution is 0.0576. The Hall–Kier alpha value is -0.840. The largest absolute Gasteiger partial charge is 0.389 e. The average molecular weight is 299 g/mol. The van der Waals surface area contributed by atoms with Crippen molar-refractivity contribution in [1.82, 2.24) is 0 Å². The summed E-state index contributed by atoms with van der Waals surface area (Å²) in [6.45, 7) is 2.64. The van der Waals surface area contributed by atoms with Crippen molar-refractivity contribution in [3.8, 4) is 0 Å². The molecule has 1 aliphatic heterocycles. The van der Waals surface area contributed by atoms with E-state index in [1.165, 1.54) is 6.42 Å². The zero-order valence-electron chi connectivity index (χ0n) is 11.1. The Balaban J connectivity index is 2.16. The quantitative estimate of drug-likeness (QED) is 0.868. The molecule has 1 unspecified atom stereocenters. The van der Waals surface area contributed by atoms with Crippen LogP contribution in [-0.2, 0) is 4.74 Å². The Morgan fingerprint density at radius 1 is 1.58 bits per heavy atom. The van der Waals surface area contributed by atoms with Gasteiger partial charge in [0.05, 0.1) is 17.2 Å². The van der Waals surface area contributed by atoms with Gasteiger partial charge in [-0.15, -0.1) is 0 Å². The number of ether oxygens (including phenoxy) is 1. The number of benzene rings is 1. The van der Waals surface area contributed by atoms with E-state index in [4.69, 9.17) is 34.3 Å². The minimum absolute atomic E-state index is 0.340. The van der Waals surface area contributed by atoms with Crippen LogP contribution >= 0.6 is 23.8 Å². The van der Waals surface area contributed by atoms with Crippen molar-refractivity contribution in [3.63, 3.8) is 0 Å². The molecule has 0 saturated carbocycles. The number of anilines is 1. The summed E-state index contributed by atoms with van der Waals surface area (Å²) in [6.07, 6.45) is 2.34. The van der Waals surface area contributed by atoms with Crippen LogP contribution in [0.3, 0.4) is 0 Å². The van der Waals surface area contributed by atoms with Gasteiger partial charge in [-0.3, -0.25) is 0 Å². The van der Waals surface area contributed by atoms with Gasteiger partial charge in [0.15, 0.2) is 0 Å². The molecule has 1 saturated heterocycles. The number of nitrogens with zero attached hydrogens (tertiary/aromatic N) is 1. The van der Waals surface area contributed by atoms with E-state index in [1.54, 1.807) is 0 Å². The molecule has 0 radical (unpaired) electrons. The molecule has 1 fully saturated rings. The standard InChI is InChI=1S/C14H19ClN2OS/c1-17(8-10-4-3-7-18-9-10)12-6-2-5-11(15)13(12)14(16)19/h2,5-6,10H,3-4,7-9H2,1H3,(H2,16,19). The second kappa shape index (κ2) is 6.55. The first-order chi connectivity index (χ1) is 9.09. The second-order valence-corrected chi connectivity index (χ2v) is 5.81. The van der Waals surface area contributed by atoms with Crippen LogP contribution in [0, 0.1) is 5.92 Å². The van der Waals surface area contributed by atoms with E-state index in [0.29, 0.717) is 15.9 Å². The van der Waals surface area contributed by atoms with Gasteiger partial charge in [-0.1, -0.05) is 29.9 Å². The highest BCUT2D eigenvalue weighted by molar-refractivity contribution is 7.80. The van der Waals surface area contributed by atoms with Crippen molar-refractivity contribution in [3.05, 3.63) is 28.8 Å². The van der Waals surface area contributed by atoms with E-state index >= 15 is 0 Å². The number of hydrogen-bond donors (Lipinski definition) is 1. The Morgan fingerprint density at radius 2 is 2.37 bits per heavy atom. The van der Waals surface area contributed by atoms with Gasteiger partial charge in [-0.25, -0.2) is 0 Å². The first kappa shape index (κ1) is 14.6. The maximum Gasteiger partial charge on any atom is 0.107 e. The number of thiocarbonyl (C=S) groups is 1. The molecule has 104 valence electrons. The van der Waals surface area contributed by atoms with Crippen LogP contribution in [0.5, 0.6) is 0 Å². The SMILES string of the molecule is CN(CC1CCCOC1)c1cccc(Cl)c1C(N)=S. The van der Waals surface area contributed by atoms with Crippen molar-refractivity contribution < 1.29 is 4.74 Å². The monoisotopic (exact) mass is 298 g/mol. The highest BCUT2D eigenvalue weighted by atomic mass is 35.5. The molecule has 0 aromatic heterocycles. The molecule has 0 aliphatic carbocycles. The van der Waals surface area contributed by atoms with E-state index in [-0.39, 0.29) is 0 Å². The molecule has 5 heteroatoms. The Morgan fingerprint density at radius 3 is 3.00 bits per heavy atom. The highest BCUT2D eigenvalue weighted by Crippen LogP contribution is 2.28. The molecule has 1 aromatic carbocycles. The number of rotatable bonds is 4. The van der Waals surface area contributed by atoms with Gasteiger partial charge in [0, 0.05) is 25.9 Å². The summed E-state index contributed by atoms with van der Waals surface area (Å²) >= 11 is 11.3. The van der Waals surface area contributed by atoms with Gasteiger partial charge in [0.25, 0.3) is 0 Å². The van der Waals surface area contributed by atoms with Gasteiger partial charge in [-0.05, 0) is 30.9 Å². The smallest absolute Gasteiger partial charge is 0.107 e. The van der Waals surface area contributed by atoms with Crippen molar-refractivity contribution in [2.45, 2.75) is 12.8 Å². The minimum Gasteiger partial charge on any atom is -0.389 e. The lowest BCUT2D eigenvalue weighted by Crippen LogP contribution is -2.32. The summed E-state index contributed by atoms with van der Waals surface area (Å²) in [5.41, 5.74) is 7.54. The molecule has 0 amide bonds. The zero-order chi connectivity index (χ0) is 13.8. The maximum atomic E-state index is 6.19. The summed E-state index contributed by atoms with van der Waals surface area (Å²) in [5, 5.41) is 0.608. The molecule has 2 rings (SSSR count). The summed E-state index contributed by atoms with van der Waals surface area (Å²) in [6, 6.07) is 5.74. The lowest BCUT2D eigenvalue weighted by Gasteiger charge is -2.29. The van der Waals surface area contributed by atoms with Gasteiger partial charge in [0.1, 0.15) is 4.99 Å². The van der Waals surface area contributed by atoms with Crippen LogP contribution in [0.4, 0.5) is 5.69 Å². The first-order valence-electron chi connectivity index (χ1n) is 6.46. The maximum absolute atomic E-state index is 6.19. The van der Waals surface area contributed by atoms with Crippen LogP contribution in [-0.4, -0.2) is 31.8 Å². The molecular weight excluding hydrogens is 280 g/mol. The third-order valence-electron chi connectivity index (χ3n) is 3.44. The Labute approximate surface area is 124 Å². The lowest BCUT2D eigenvalue weighted by atomic mass is 10.0. The predicted molar refractivity (Wildman–Crippen MR) is 84.2 cm³/mol. The van der Waals surface area contributed by atoms with Gasteiger partial charge < -0.3 is 15.4 Å². The molecule has 0 bridgehead atoms. The number of halogens is 1. The van der Waals surface area contributed by atoms with Gasteiger partial charge in [0.2, 0.25) is 0 Å². The Bertz CT molecular complexity index is 461. The molecule has 1 heterocycles. The minimum atomic E-state index is 0.340. The van der Waals surface area contributed by atoms with Crippen LogP contribution in [0.25, 0.3) is 0 Å². The molecule has 3 nitrogen and oxygen atoms in total. The summed E-state index contributed by atoms with van der Waals surface area (Å²) < 4.78 is 5.52. The van der Waals surface area contributed by atoms with Gasteiger partial charge >= 0.3 is 0 Å².